The molecule has 2 aromatic carbocycles. The van der Waals surface area contributed by atoms with Gasteiger partial charge in [0.1, 0.15) is 10.8 Å². The highest BCUT2D eigenvalue weighted by Crippen LogP contribution is 2.25. The molecule has 21 heavy (non-hydrogen) atoms. The Hall–Kier alpha value is -2.91. The van der Waals surface area contributed by atoms with Gasteiger partial charge in [-0.15, -0.1) is 0 Å². The van der Waals surface area contributed by atoms with Crippen molar-refractivity contribution in [3.05, 3.63) is 68.7 Å². The predicted octanol–water partition coefficient (Wildman–Crippen LogP) is 3.34. The van der Waals surface area contributed by atoms with Crippen molar-refractivity contribution in [2.75, 3.05) is 0 Å². The number of esters is 1. The number of nitriles is 1. The van der Waals surface area contributed by atoms with Gasteiger partial charge in [-0.3, -0.25) is 10.1 Å². The Labute approximate surface area is 124 Å². The van der Waals surface area contributed by atoms with E-state index in [0.717, 1.165) is 6.07 Å². The second-order valence-corrected chi connectivity index (χ2v) is 4.36. The molecule has 0 unspecified atom stereocenters. The minimum absolute atomic E-state index is 0.00605. The molecule has 0 saturated carbocycles. The molecule has 0 aliphatic rings. The van der Waals surface area contributed by atoms with Crippen LogP contribution in [0.4, 0.5) is 5.69 Å². The molecule has 0 spiro atoms. The van der Waals surface area contributed by atoms with Crippen LogP contribution in [0, 0.1) is 21.4 Å². The number of hydrogen-bond acceptors (Lipinski definition) is 5. The molecule has 0 heterocycles. The summed E-state index contributed by atoms with van der Waals surface area (Å²) in [7, 11) is 0. The Bertz CT molecular complexity index is 768. The van der Waals surface area contributed by atoms with Crippen LogP contribution in [0.15, 0.2) is 42.5 Å². The van der Waals surface area contributed by atoms with Crippen molar-refractivity contribution in [2.24, 2.45) is 0 Å². The fourth-order valence-corrected chi connectivity index (χ4v) is 1.76. The maximum Gasteiger partial charge on any atom is 0.343 e. The van der Waals surface area contributed by atoms with Crippen molar-refractivity contribution in [1.29, 1.82) is 5.26 Å². The van der Waals surface area contributed by atoms with Gasteiger partial charge in [-0.05, 0) is 30.3 Å². The van der Waals surface area contributed by atoms with E-state index < -0.39 is 10.9 Å². The van der Waals surface area contributed by atoms with Crippen LogP contribution in [0.25, 0.3) is 0 Å². The standard InChI is InChI=1S/C14H7ClN2O4/c15-12-5-4-10(7-13(12)17(19)20)14(18)21-11-3-1-2-9(6-11)8-16/h1-7H. The lowest BCUT2D eigenvalue weighted by Gasteiger charge is -2.05. The van der Waals surface area contributed by atoms with E-state index in [1.54, 1.807) is 12.1 Å². The van der Waals surface area contributed by atoms with Gasteiger partial charge < -0.3 is 4.74 Å². The highest BCUT2D eigenvalue weighted by Gasteiger charge is 2.17. The summed E-state index contributed by atoms with van der Waals surface area (Å²) in [6.07, 6.45) is 0. The summed E-state index contributed by atoms with van der Waals surface area (Å²) in [5.41, 5.74) is -0.0484. The van der Waals surface area contributed by atoms with E-state index in [-0.39, 0.29) is 22.0 Å². The van der Waals surface area contributed by atoms with E-state index in [4.69, 9.17) is 21.6 Å². The highest BCUT2D eigenvalue weighted by atomic mass is 35.5. The number of halogens is 1. The van der Waals surface area contributed by atoms with Crippen molar-refractivity contribution >= 4 is 23.3 Å². The summed E-state index contributed by atoms with van der Waals surface area (Å²) < 4.78 is 5.06. The molecule has 0 saturated heterocycles. The molecule has 0 radical (unpaired) electrons. The number of carbonyl (C=O) groups excluding carboxylic acids is 1. The SMILES string of the molecule is N#Cc1cccc(OC(=O)c2ccc(Cl)c([N+](=O)[O-])c2)c1. The van der Waals surface area contributed by atoms with Crippen LogP contribution >= 0.6 is 11.6 Å². The topological polar surface area (TPSA) is 93.2 Å². The lowest BCUT2D eigenvalue weighted by atomic mass is 10.2. The maximum absolute atomic E-state index is 11.9. The van der Waals surface area contributed by atoms with Crippen LogP contribution in [0.5, 0.6) is 5.75 Å². The second kappa shape index (κ2) is 6.03. The zero-order valence-corrected chi connectivity index (χ0v) is 11.2. The van der Waals surface area contributed by atoms with Crippen molar-refractivity contribution in [3.63, 3.8) is 0 Å². The monoisotopic (exact) mass is 302 g/mol. The first kappa shape index (κ1) is 14.5. The number of benzene rings is 2. The number of ether oxygens (including phenoxy) is 1. The van der Waals surface area contributed by atoms with Gasteiger partial charge in [0, 0.05) is 6.07 Å². The molecule has 7 heteroatoms. The lowest BCUT2D eigenvalue weighted by molar-refractivity contribution is -0.384. The van der Waals surface area contributed by atoms with Crippen LogP contribution in [0.1, 0.15) is 15.9 Å². The van der Waals surface area contributed by atoms with E-state index in [1.807, 2.05) is 6.07 Å². The zero-order chi connectivity index (χ0) is 15.4. The summed E-state index contributed by atoms with van der Waals surface area (Å²) >= 11 is 5.67. The Morgan fingerprint density at radius 2 is 2.05 bits per heavy atom. The molecule has 0 atom stereocenters. The molecule has 0 fully saturated rings. The number of nitrogens with zero attached hydrogens (tertiary/aromatic N) is 2. The third-order valence-corrected chi connectivity index (χ3v) is 2.87. The number of nitro benzene ring substituents is 1. The van der Waals surface area contributed by atoms with Gasteiger partial charge in [-0.25, -0.2) is 4.79 Å². The molecule has 104 valence electrons. The van der Waals surface area contributed by atoms with Gasteiger partial charge in [0.2, 0.25) is 0 Å². The molecule has 0 amide bonds. The van der Waals surface area contributed by atoms with Crippen LogP contribution in [0.3, 0.4) is 0 Å². The largest absolute Gasteiger partial charge is 0.423 e. The first-order valence-electron chi connectivity index (χ1n) is 5.67. The minimum Gasteiger partial charge on any atom is -0.423 e. The summed E-state index contributed by atoms with van der Waals surface area (Å²) in [5, 5.41) is 19.5. The third-order valence-electron chi connectivity index (χ3n) is 2.55. The molecule has 2 aromatic rings. The number of nitro groups is 1. The van der Waals surface area contributed by atoms with E-state index >= 15 is 0 Å². The zero-order valence-electron chi connectivity index (χ0n) is 10.4. The predicted molar refractivity (Wildman–Crippen MR) is 74.2 cm³/mol. The van der Waals surface area contributed by atoms with E-state index in [9.17, 15) is 14.9 Å². The minimum atomic E-state index is -0.773. The van der Waals surface area contributed by atoms with Gasteiger partial charge in [-0.2, -0.15) is 5.26 Å². The van der Waals surface area contributed by atoms with Crippen LogP contribution in [-0.2, 0) is 0 Å². The van der Waals surface area contributed by atoms with Crippen molar-refractivity contribution in [1.82, 2.24) is 0 Å². The van der Waals surface area contributed by atoms with Crippen molar-refractivity contribution < 1.29 is 14.5 Å². The lowest BCUT2D eigenvalue weighted by Crippen LogP contribution is -2.09. The average molecular weight is 303 g/mol. The van der Waals surface area contributed by atoms with Gasteiger partial charge >= 0.3 is 5.97 Å². The average Bonchev–Trinajstić information content (AvgIpc) is 2.47. The smallest absolute Gasteiger partial charge is 0.343 e. The molecule has 6 nitrogen and oxygen atoms in total. The normalized spacial score (nSPS) is 9.71. The van der Waals surface area contributed by atoms with Crippen LogP contribution in [0.2, 0.25) is 5.02 Å². The Balaban J connectivity index is 2.26. The molecule has 2 rings (SSSR count). The second-order valence-electron chi connectivity index (χ2n) is 3.95. The molecular weight excluding hydrogens is 296 g/mol. The Morgan fingerprint density at radius 3 is 2.71 bits per heavy atom. The molecule has 0 N–H and O–H groups in total. The maximum atomic E-state index is 11.9. The Morgan fingerprint density at radius 1 is 1.29 bits per heavy atom. The molecule has 0 bridgehead atoms. The van der Waals surface area contributed by atoms with Gasteiger partial charge in [0.25, 0.3) is 5.69 Å². The van der Waals surface area contributed by atoms with Gasteiger partial charge in [0.15, 0.2) is 0 Å². The molecule has 0 aromatic heterocycles. The van der Waals surface area contributed by atoms with Gasteiger partial charge in [0.05, 0.1) is 22.1 Å². The molecule has 0 aliphatic carbocycles. The van der Waals surface area contributed by atoms with Crippen molar-refractivity contribution in [3.8, 4) is 11.8 Å². The highest BCUT2D eigenvalue weighted by molar-refractivity contribution is 6.32. The fraction of sp³-hybridized carbons (Fsp3) is 0. The molecular formula is C14H7ClN2O4. The number of hydrogen-bond donors (Lipinski definition) is 0. The first-order valence-corrected chi connectivity index (χ1v) is 6.05. The summed E-state index contributed by atoms with van der Waals surface area (Å²) in [4.78, 5) is 22.0. The summed E-state index contributed by atoms with van der Waals surface area (Å²) in [5.74, 6) is -0.596. The van der Waals surface area contributed by atoms with E-state index in [0.29, 0.717) is 5.56 Å². The summed E-state index contributed by atoms with van der Waals surface area (Å²) in [6, 6.07) is 11.5. The van der Waals surface area contributed by atoms with Crippen LogP contribution in [-0.4, -0.2) is 10.9 Å². The van der Waals surface area contributed by atoms with E-state index in [2.05, 4.69) is 0 Å². The van der Waals surface area contributed by atoms with Gasteiger partial charge in [-0.1, -0.05) is 17.7 Å². The number of rotatable bonds is 3. The molecule has 0 aliphatic heterocycles. The number of carbonyl (C=O) groups is 1. The Kier molecular flexibility index (Phi) is 4.16. The van der Waals surface area contributed by atoms with Crippen LogP contribution < -0.4 is 4.74 Å². The fourth-order valence-electron chi connectivity index (χ4n) is 1.57. The first-order chi connectivity index (χ1) is 10.0. The quantitative estimate of drug-likeness (QED) is 0.375. The van der Waals surface area contributed by atoms with Crippen molar-refractivity contribution in [2.45, 2.75) is 0 Å². The third kappa shape index (κ3) is 3.35. The summed E-state index contributed by atoms with van der Waals surface area (Å²) in [6.45, 7) is 0. The van der Waals surface area contributed by atoms with E-state index in [1.165, 1.54) is 24.3 Å².